The molecule has 1 heterocycles. The summed E-state index contributed by atoms with van der Waals surface area (Å²) in [6, 6.07) is 0. The number of hydrazine groups is 1. The molecule has 9 heteroatoms. The van der Waals surface area contributed by atoms with E-state index in [1.165, 1.54) is 6.08 Å². The molecular weight excluding hydrogens is 498 g/mol. The minimum atomic E-state index is -0.234. The van der Waals surface area contributed by atoms with Gasteiger partial charge < -0.3 is 30.6 Å². The standard InChI is InChI=1S/C30H35N3O6/c1-11-14(4)25(34)22(26(35)15(11)5)20-10-21(23-27(36)16(6)12(2)17(7)28(23)37)32-33(31-20)24-29(38)18(8)13(3)19(9)30(24)39/h10,31,34-39H,1-9H3. The summed E-state index contributed by atoms with van der Waals surface area (Å²) in [5.74, 6) is -1.21. The number of aromatic hydroxyl groups is 6. The van der Waals surface area contributed by atoms with Crippen LogP contribution in [0.15, 0.2) is 11.2 Å². The first-order valence-corrected chi connectivity index (χ1v) is 12.5. The number of rotatable bonds is 3. The molecule has 0 aromatic heterocycles. The largest absolute Gasteiger partial charge is 0.507 e. The van der Waals surface area contributed by atoms with Gasteiger partial charge in [-0.25, -0.2) is 0 Å². The van der Waals surface area contributed by atoms with Gasteiger partial charge in [-0.3, -0.25) is 5.43 Å². The summed E-state index contributed by atoms with van der Waals surface area (Å²) in [6.07, 6.45) is 1.48. The molecule has 0 fully saturated rings. The van der Waals surface area contributed by atoms with Crippen molar-refractivity contribution in [3.05, 3.63) is 67.3 Å². The normalized spacial score (nSPS) is 13.3. The van der Waals surface area contributed by atoms with E-state index in [1.807, 2.05) is 0 Å². The van der Waals surface area contributed by atoms with Crippen molar-refractivity contribution < 1.29 is 30.6 Å². The van der Waals surface area contributed by atoms with E-state index in [2.05, 4.69) is 10.5 Å². The molecule has 39 heavy (non-hydrogen) atoms. The Hall–Kier alpha value is -4.53. The third-order valence-corrected chi connectivity index (χ3v) is 8.35. The van der Waals surface area contributed by atoms with Gasteiger partial charge in [0.2, 0.25) is 0 Å². The molecule has 7 N–H and O–H groups in total. The van der Waals surface area contributed by atoms with Crippen LogP contribution in [-0.2, 0) is 0 Å². The number of phenolic OH excluding ortho intramolecular Hbond substituents is 6. The molecule has 9 nitrogen and oxygen atoms in total. The second-order valence-corrected chi connectivity index (χ2v) is 10.3. The lowest BCUT2D eigenvalue weighted by Crippen LogP contribution is -2.37. The molecule has 0 radical (unpaired) electrons. The Bertz CT molecular complexity index is 1550. The van der Waals surface area contributed by atoms with Gasteiger partial charge in [-0.1, -0.05) is 0 Å². The van der Waals surface area contributed by atoms with Crippen LogP contribution >= 0.6 is 0 Å². The first-order chi connectivity index (χ1) is 18.1. The number of allylic oxidation sites excluding steroid dienone is 1. The molecule has 0 saturated carbocycles. The SMILES string of the molecule is Cc1c(C)c(O)c(C2=CC(c3c(O)c(C)c(C)c(C)c3O)=NN(c3c(O)c(C)c(C)c(C)c3O)N2)c(O)c1C. The maximum atomic E-state index is 11.1. The minimum absolute atomic E-state index is 0.0265. The van der Waals surface area contributed by atoms with E-state index >= 15 is 0 Å². The molecular formula is C30H35N3O6. The Morgan fingerprint density at radius 3 is 1.21 bits per heavy atom. The molecule has 0 aliphatic carbocycles. The monoisotopic (exact) mass is 533 g/mol. The molecule has 3 aromatic rings. The van der Waals surface area contributed by atoms with E-state index in [-0.39, 0.29) is 62.7 Å². The van der Waals surface area contributed by atoms with Crippen LogP contribution in [0.4, 0.5) is 5.69 Å². The van der Waals surface area contributed by atoms with Crippen molar-refractivity contribution in [1.29, 1.82) is 0 Å². The van der Waals surface area contributed by atoms with E-state index < -0.39 is 0 Å². The zero-order valence-corrected chi connectivity index (χ0v) is 23.7. The highest BCUT2D eigenvalue weighted by atomic mass is 16.3. The summed E-state index contributed by atoms with van der Waals surface area (Å²) < 4.78 is 0. The number of hydrogen-bond acceptors (Lipinski definition) is 9. The van der Waals surface area contributed by atoms with Gasteiger partial charge >= 0.3 is 0 Å². The summed E-state index contributed by atoms with van der Waals surface area (Å²) in [7, 11) is 0. The van der Waals surface area contributed by atoms with Crippen LogP contribution in [0.1, 0.15) is 61.2 Å². The lowest BCUT2D eigenvalue weighted by atomic mass is 9.92. The second-order valence-electron chi connectivity index (χ2n) is 10.3. The summed E-state index contributed by atoms with van der Waals surface area (Å²) in [5, 5.41) is 72.3. The molecule has 0 amide bonds. The number of phenols is 6. The lowest BCUT2D eigenvalue weighted by molar-refractivity contribution is 0.438. The number of nitrogens with zero attached hydrogens (tertiary/aromatic N) is 2. The average molecular weight is 534 g/mol. The second kappa shape index (κ2) is 9.34. The van der Waals surface area contributed by atoms with Gasteiger partial charge in [0.25, 0.3) is 0 Å². The molecule has 0 saturated heterocycles. The van der Waals surface area contributed by atoms with Gasteiger partial charge in [0.05, 0.1) is 16.8 Å². The zero-order valence-electron chi connectivity index (χ0n) is 23.7. The van der Waals surface area contributed by atoms with Crippen molar-refractivity contribution in [2.24, 2.45) is 5.10 Å². The van der Waals surface area contributed by atoms with Crippen LogP contribution in [0.3, 0.4) is 0 Å². The highest BCUT2D eigenvalue weighted by molar-refractivity contribution is 6.17. The molecule has 4 rings (SSSR count). The number of nitrogens with one attached hydrogen (secondary N) is 1. The highest BCUT2D eigenvalue weighted by Crippen LogP contribution is 2.47. The quantitative estimate of drug-likeness (QED) is 0.234. The van der Waals surface area contributed by atoms with Gasteiger partial charge in [0.15, 0.2) is 5.69 Å². The van der Waals surface area contributed by atoms with E-state index in [4.69, 9.17) is 0 Å². The predicted octanol–water partition coefficient (Wildman–Crippen LogP) is 5.47. The topological polar surface area (TPSA) is 149 Å². The summed E-state index contributed by atoms with van der Waals surface area (Å²) in [4.78, 5) is 0. The molecule has 206 valence electrons. The maximum Gasteiger partial charge on any atom is 0.167 e. The summed E-state index contributed by atoms with van der Waals surface area (Å²) in [6.45, 7) is 15.7. The third kappa shape index (κ3) is 3.96. The lowest BCUT2D eigenvalue weighted by Gasteiger charge is -2.31. The average Bonchev–Trinajstić information content (AvgIpc) is 2.91. The summed E-state index contributed by atoms with van der Waals surface area (Å²) >= 11 is 0. The maximum absolute atomic E-state index is 11.1. The van der Waals surface area contributed by atoms with Crippen LogP contribution in [0, 0.1) is 62.3 Å². The third-order valence-electron chi connectivity index (χ3n) is 8.35. The molecule has 0 unspecified atom stereocenters. The van der Waals surface area contributed by atoms with Crippen LogP contribution in [0.2, 0.25) is 0 Å². The van der Waals surface area contributed by atoms with E-state index in [0.29, 0.717) is 44.5 Å². The van der Waals surface area contributed by atoms with Crippen LogP contribution in [0.5, 0.6) is 34.5 Å². The van der Waals surface area contributed by atoms with Crippen molar-refractivity contribution >= 4 is 17.1 Å². The zero-order chi connectivity index (χ0) is 29.2. The fourth-order valence-corrected chi connectivity index (χ4v) is 4.85. The van der Waals surface area contributed by atoms with Gasteiger partial charge in [-0.05, 0) is 118 Å². The Kier molecular flexibility index (Phi) is 6.59. The van der Waals surface area contributed by atoms with Gasteiger partial charge in [-0.15, -0.1) is 0 Å². The fraction of sp³-hybridized carbons (Fsp3) is 0.300. The van der Waals surface area contributed by atoms with Gasteiger partial charge in [0, 0.05) is 0 Å². The number of benzene rings is 3. The van der Waals surface area contributed by atoms with Gasteiger partial charge in [-0.2, -0.15) is 10.2 Å². The first kappa shape index (κ1) is 27.5. The number of hydrogen-bond donors (Lipinski definition) is 7. The smallest absolute Gasteiger partial charge is 0.167 e. The summed E-state index contributed by atoms with van der Waals surface area (Å²) in [5.41, 5.74) is 8.60. The molecule has 1 aliphatic heterocycles. The molecule has 0 spiro atoms. The van der Waals surface area contributed by atoms with Crippen LogP contribution in [0.25, 0.3) is 5.70 Å². The number of anilines is 1. The highest BCUT2D eigenvalue weighted by Gasteiger charge is 2.31. The van der Waals surface area contributed by atoms with E-state index in [9.17, 15) is 30.6 Å². The first-order valence-electron chi connectivity index (χ1n) is 12.5. The molecule has 0 atom stereocenters. The minimum Gasteiger partial charge on any atom is -0.507 e. The van der Waals surface area contributed by atoms with E-state index in [0.717, 1.165) is 10.7 Å². The van der Waals surface area contributed by atoms with Crippen molar-refractivity contribution in [1.82, 2.24) is 5.43 Å². The molecule has 1 aliphatic rings. The fourth-order valence-electron chi connectivity index (χ4n) is 4.85. The molecule has 0 bridgehead atoms. The predicted molar refractivity (Wildman–Crippen MR) is 152 cm³/mol. The Balaban J connectivity index is 2.10. The Morgan fingerprint density at radius 2 is 0.821 bits per heavy atom. The van der Waals surface area contributed by atoms with E-state index in [1.54, 1.807) is 62.3 Å². The van der Waals surface area contributed by atoms with Crippen LogP contribution < -0.4 is 10.5 Å². The molecule has 3 aromatic carbocycles. The van der Waals surface area contributed by atoms with Crippen LogP contribution in [-0.4, -0.2) is 36.4 Å². The van der Waals surface area contributed by atoms with Crippen molar-refractivity contribution in [2.75, 3.05) is 5.12 Å². The van der Waals surface area contributed by atoms with Crippen molar-refractivity contribution in [3.8, 4) is 34.5 Å². The Labute approximate surface area is 227 Å². The van der Waals surface area contributed by atoms with Crippen molar-refractivity contribution in [2.45, 2.75) is 62.3 Å². The Morgan fingerprint density at radius 1 is 0.487 bits per heavy atom. The number of hydrazone groups is 1. The van der Waals surface area contributed by atoms with Crippen molar-refractivity contribution in [3.63, 3.8) is 0 Å². The van der Waals surface area contributed by atoms with Gasteiger partial charge in [0.1, 0.15) is 40.2 Å².